The Labute approximate surface area is 205 Å². The van der Waals surface area contributed by atoms with Crippen molar-refractivity contribution < 1.29 is 14.3 Å². The van der Waals surface area contributed by atoms with Crippen molar-refractivity contribution in [3.63, 3.8) is 0 Å². The van der Waals surface area contributed by atoms with E-state index in [0.29, 0.717) is 28.1 Å². The lowest BCUT2D eigenvalue weighted by atomic mass is 10.0. The molecule has 2 unspecified atom stereocenters. The minimum Gasteiger partial charge on any atom is -0.481 e. The van der Waals surface area contributed by atoms with Crippen LogP contribution < -0.4 is 15.4 Å². The first kappa shape index (κ1) is 25.3. The molecule has 0 spiro atoms. The molecule has 2 aromatic carbocycles. The van der Waals surface area contributed by atoms with Gasteiger partial charge in [-0.3, -0.25) is 14.3 Å². The Bertz CT molecular complexity index is 1190. The first-order valence-electron chi connectivity index (χ1n) is 11.3. The second kappa shape index (κ2) is 10.7. The van der Waals surface area contributed by atoms with Crippen molar-refractivity contribution in [3.8, 4) is 5.75 Å². The van der Waals surface area contributed by atoms with Crippen LogP contribution in [0.25, 0.3) is 0 Å². The Morgan fingerprint density at radius 2 is 1.71 bits per heavy atom. The molecule has 7 nitrogen and oxygen atoms in total. The van der Waals surface area contributed by atoms with Crippen LogP contribution in [0.3, 0.4) is 0 Å². The smallest absolute Gasteiger partial charge is 0.265 e. The summed E-state index contributed by atoms with van der Waals surface area (Å²) in [6.45, 7) is 11.5. The molecule has 0 fully saturated rings. The maximum absolute atomic E-state index is 12.7. The normalized spacial score (nSPS) is 12.8. The van der Waals surface area contributed by atoms with Crippen LogP contribution in [0.2, 0.25) is 5.02 Å². The van der Waals surface area contributed by atoms with E-state index in [0.717, 1.165) is 17.0 Å². The lowest BCUT2D eigenvalue weighted by Crippen LogP contribution is -2.30. The molecular formula is C26H31ClN4O3. The number of ether oxygens (including phenoxy) is 1. The number of nitrogens with one attached hydrogen (secondary N) is 2. The highest BCUT2D eigenvalue weighted by Gasteiger charge is 2.20. The highest BCUT2D eigenvalue weighted by Crippen LogP contribution is 2.27. The largest absolute Gasteiger partial charge is 0.481 e. The van der Waals surface area contributed by atoms with Gasteiger partial charge in [0.05, 0.1) is 16.4 Å². The monoisotopic (exact) mass is 482 g/mol. The van der Waals surface area contributed by atoms with Gasteiger partial charge in [0.25, 0.3) is 5.91 Å². The molecule has 0 saturated heterocycles. The third kappa shape index (κ3) is 6.17. The first-order valence-corrected chi connectivity index (χ1v) is 11.6. The predicted octanol–water partition coefficient (Wildman–Crippen LogP) is 5.88. The SMILES string of the molecule is Cc1cc(C)n(C(C)C(=O)Nc2ccc(NC(=O)C(C)Oc3cccc(C(C)C)c3)cc2Cl)n1. The number of benzene rings is 2. The molecule has 8 heteroatoms. The van der Waals surface area contributed by atoms with Crippen molar-refractivity contribution in [2.45, 2.75) is 59.6 Å². The summed E-state index contributed by atoms with van der Waals surface area (Å²) in [6.07, 6.45) is -0.706. The maximum atomic E-state index is 12.7. The third-order valence-electron chi connectivity index (χ3n) is 5.49. The van der Waals surface area contributed by atoms with Crippen molar-refractivity contribution in [1.82, 2.24) is 9.78 Å². The van der Waals surface area contributed by atoms with Crippen LogP contribution in [-0.2, 0) is 9.59 Å². The third-order valence-corrected chi connectivity index (χ3v) is 5.80. The topological polar surface area (TPSA) is 85.2 Å². The molecule has 1 aromatic heterocycles. The minimum absolute atomic E-state index is 0.240. The summed E-state index contributed by atoms with van der Waals surface area (Å²) >= 11 is 6.38. The minimum atomic E-state index is -0.706. The van der Waals surface area contributed by atoms with Crippen LogP contribution in [0, 0.1) is 13.8 Å². The van der Waals surface area contributed by atoms with Gasteiger partial charge in [-0.2, -0.15) is 5.10 Å². The van der Waals surface area contributed by atoms with Gasteiger partial charge in [-0.05, 0) is 75.6 Å². The van der Waals surface area contributed by atoms with Crippen LogP contribution >= 0.6 is 11.6 Å². The van der Waals surface area contributed by atoms with E-state index in [-0.39, 0.29) is 11.8 Å². The Morgan fingerprint density at radius 1 is 0.971 bits per heavy atom. The van der Waals surface area contributed by atoms with Crippen molar-refractivity contribution >= 4 is 34.8 Å². The number of aromatic nitrogens is 2. The lowest BCUT2D eigenvalue weighted by molar-refractivity contribution is -0.122. The van der Waals surface area contributed by atoms with Crippen molar-refractivity contribution in [2.75, 3.05) is 10.6 Å². The first-order chi connectivity index (χ1) is 16.0. The Morgan fingerprint density at radius 3 is 2.32 bits per heavy atom. The Balaban J connectivity index is 1.62. The number of amides is 2. The number of aryl methyl sites for hydroxylation is 2. The van der Waals surface area contributed by atoms with Crippen LogP contribution in [0.1, 0.15) is 56.6 Å². The van der Waals surface area contributed by atoms with E-state index in [1.54, 1.807) is 36.7 Å². The van der Waals surface area contributed by atoms with Gasteiger partial charge >= 0.3 is 0 Å². The highest BCUT2D eigenvalue weighted by molar-refractivity contribution is 6.34. The molecule has 3 rings (SSSR count). The fourth-order valence-corrected chi connectivity index (χ4v) is 3.76. The van der Waals surface area contributed by atoms with E-state index < -0.39 is 12.1 Å². The standard InChI is InChI=1S/C26H31ClN4O3/c1-15(2)20-8-7-9-22(13-20)34-19(6)26(33)28-21-10-11-24(23(27)14-21)29-25(32)18(5)31-17(4)12-16(3)30-31/h7-15,18-19H,1-6H3,(H,28,33)(H,29,32). The summed E-state index contributed by atoms with van der Waals surface area (Å²) in [4.78, 5) is 25.3. The number of nitrogens with zero attached hydrogens (tertiary/aromatic N) is 2. The summed E-state index contributed by atoms with van der Waals surface area (Å²) in [6, 6.07) is 14.1. The van der Waals surface area contributed by atoms with Crippen LogP contribution in [0.5, 0.6) is 5.75 Å². The summed E-state index contributed by atoms with van der Waals surface area (Å²) in [5, 5.41) is 10.3. The van der Waals surface area contributed by atoms with Gasteiger partial charge in [0, 0.05) is 11.4 Å². The predicted molar refractivity (Wildman–Crippen MR) is 136 cm³/mol. The molecule has 0 bridgehead atoms. The molecule has 3 aromatic rings. The van der Waals surface area contributed by atoms with Gasteiger partial charge in [-0.15, -0.1) is 0 Å². The molecule has 0 radical (unpaired) electrons. The van der Waals surface area contributed by atoms with E-state index in [2.05, 4.69) is 29.6 Å². The van der Waals surface area contributed by atoms with E-state index in [4.69, 9.17) is 16.3 Å². The number of hydrogen-bond acceptors (Lipinski definition) is 4. The molecule has 1 heterocycles. The molecule has 2 N–H and O–H groups in total. The van der Waals surface area contributed by atoms with Crippen molar-refractivity contribution in [3.05, 3.63) is 70.5 Å². The number of halogens is 1. The molecule has 0 saturated carbocycles. The summed E-state index contributed by atoms with van der Waals surface area (Å²) in [5.74, 6) is 0.461. The Kier molecular flexibility index (Phi) is 7.99. The number of anilines is 2. The van der Waals surface area contributed by atoms with Crippen molar-refractivity contribution in [2.24, 2.45) is 0 Å². The number of carbonyl (C=O) groups excluding carboxylic acids is 2. The Hall–Kier alpha value is -3.32. The van der Waals surface area contributed by atoms with Crippen LogP contribution in [0.4, 0.5) is 11.4 Å². The summed E-state index contributed by atoms with van der Waals surface area (Å²) in [5.41, 5.74) is 3.85. The fourth-order valence-electron chi connectivity index (χ4n) is 3.53. The van der Waals surface area contributed by atoms with Gasteiger partial charge in [0.2, 0.25) is 5.91 Å². The number of carbonyl (C=O) groups is 2. The molecule has 34 heavy (non-hydrogen) atoms. The van der Waals surface area contributed by atoms with Gasteiger partial charge in [-0.25, -0.2) is 0 Å². The molecule has 0 aliphatic carbocycles. The van der Waals surface area contributed by atoms with E-state index in [9.17, 15) is 9.59 Å². The van der Waals surface area contributed by atoms with E-state index >= 15 is 0 Å². The van der Waals surface area contributed by atoms with Crippen LogP contribution in [0.15, 0.2) is 48.5 Å². The molecule has 0 aliphatic heterocycles. The van der Waals surface area contributed by atoms with Gasteiger partial charge in [0.1, 0.15) is 11.8 Å². The molecular weight excluding hydrogens is 452 g/mol. The quantitative estimate of drug-likeness (QED) is 0.419. The summed E-state index contributed by atoms with van der Waals surface area (Å²) in [7, 11) is 0. The molecule has 0 aliphatic rings. The maximum Gasteiger partial charge on any atom is 0.265 e. The second-order valence-electron chi connectivity index (χ2n) is 8.71. The number of hydrogen-bond donors (Lipinski definition) is 2. The average molecular weight is 483 g/mol. The highest BCUT2D eigenvalue weighted by atomic mass is 35.5. The zero-order valence-corrected chi connectivity index (χ0v) is 21.1. The zero-order valence-electron chi connectivity index (χ0n) is 20.3. The molecule has 180 valence electrons. The second-order valence-corrected chi connectivity index (χ2v) is 9.12. The van der Waals surface area contributed by atoms with E-state index in [1.165, 1.54) is 0 Å². The number of rotatable bonds is 8. The summed E-state index contributed by atoms with van der Waals surface area (Å²) < 4.78 is 7.49. The lowest BCUT2D eigenvalue weighted by Gasteiger charge is -2.17. The zero-order chi connectivity index (χ0) is 25.0. The van der Waals surface area contributed by atoms with Gasteiger partial charge in [0.15, 0.2) is 6.10 Å². The average Bonchev–Trinajstić information content (AvgIpc) is 3.12. The fraction of sp³-hybridized carbons (Fsp3) is 0.346. The van der Waals surface area contributed by atoms with Gasteiger partial charge in [-0.1, -0.05) is 37.6 Å². The van der Waals surface area contributed by atoms with Crippen LogP contribution in [-0.4, -0.2) is 27.7 Å². The molecule has 2 amide bonds. The van der Waals surface area contributed by atoms with E-state index in [1.807, 2.05) is 44.2 Å². The van der Waals surface area contributed by atoms with Gasteiger partial charge < -0.3 is 15.4 Å². The molecule has 2 atom stereocenters. The van der Waals surface area contributed by atoms with Crippen molar-refractivity contribution in [1.29, 1.82) is 0 Å².